The van der Waals surface area contributed by atoms with Crippen molar-refractivity contribution in [3.8, 4) is 0 Å². The van der Waals surface area contributed by atoms with Gasteiger partial charge in [-0.3, -0.25) is 4.79 Å². The molecule has 1 aliphatic carbocycles. The molecule has 0 spiro atoms. The number of Topliss-reactive ketones (excluding diaryl/α,β-unsaturated/α-hetero) is 1. The highest BCUT2D eigenvalue weighted by Crippen LogP contribution is 2.47. The molecule has 0 bridgehead atoms. The Hall–Kier alpha value is -2.39. The summed E-state index contributed by atoms with van der Waals surface area (Å²) in [6.45, 7) is 9.92. The third-order valence-corrected chi connectivity index (χ3v) is 7.13. The number of furan rings is 1. The highest BCUT2D eigenvalue weighted by molar-refractivity contribution is 8.00. The van der Waals surface area contributed by atoms with Gasteiger partial charge in [0.2, 0.25) is 0 Å². The smallest absolute Gasteiger partial charge is 0.336 e. The number of carbonyl (C=O) groups excluding carboxylic acids is 2. The fourth-order valence-electron chi connectivity index (χ4n) is 4.15. The molecule has 0 aromatic carbocycles. The highest BCUT2D eigenvalue weighted by Gasteiger charge is 2.44. The summed E-state index contributed by atoms with van der Waals surface area (Å²) >= 11 is 2.86. The minimum absolute atomic E-state index is 0.0309. The van der Waals surface area contributed by atoms with Gasteiger partial charge in [0.25, 0.3) is 0 Å². The van der Waals surface area contributed by atoms with Crippen LogP contribution in [0.5, 0.6) is 0 Å². The Morgan fingerprint density at radius 1 is 1.32 bits per heavy atom. The maximum atomic E-state index is 13.2. The molecule has 3 heterocycles. The topological polar surface area (TPSA) is 94.3 Å². The second-order valence-electron chi connectivity index (χ2n) is 8.50. The minimum atomic E-state index is -0.593. The summed E-state index contributed by atoms with van der Waals surface area (Å²) in [4.78, 5) is 26.1. The summed E-state index contributed by atoms with van der Waals surface area (Å²) in [7, 11) is 0. The zero-order chi connectivity index (χ0) is 22.3. The third kappa shape index (κ3) is 4.34. The van der Waals surface area contributed by atoms with Crippen molar-refractivity contribution in [1.29, 1.82) is 0 Å². The van der Waals surface area contributed by atoms with Crippen molar-refractivity contribution in [3.05, 3.63) is 45.4 Å². The molecule has 2 aromatic heterocycles. The van der Waals surface area contributed by atoms with E-state index in [1.807, 2.05) is 26.0 Å². The van der Waals surface area contributed by atoms with Crippen LogP contribution in [0.1, 0.15) is 57.2 Å². The number of rotatable bonds is 5. The standard InChI is InChI=1S/C22H25N3O4S2/c1-6-28-20(27)17-11(2)23-13-9-22(4,5)10-14(26)18(13)19(17)15-7-8-16(29-15)31-21-25-24-12(3)30-21/h7-8,19,23H,6,9-10H2,1-5H3/t19-/m1/s1. The van der Waals surface area contributed by atoms with Crippen LogP contribution in [0.15, 0.2) is 48.5 Å². The van der Waals surface area contributed by atoms with Gasteiger partial charge in [0.15, 0.2) is 15.2 Å². The number of ketones is 1. The second kappa shape index (κ2) is 8.27. The number of hydrogen-bond donors (Lipinski definition) is 1. The van der Waals surface area contributed by atoms with Crippen molar-refractivity contribution in [2.75, 3.05) is 6.61 Å². The fourth-order valence-corrected chi connectivity index (χ4v) is 5.87. The average molecular weight is 460 g/mol. The Bertz CT molecular complexity index is 1110. The molecule has 1 N–H and O–H groups in total. The number of aryl methyl sites for hydroxylation is 1. The van der Waals surface area contributed by atoms with Crippen molar-refractivity contribution in [1.82, 2.24) is 15.5 Å². The van der Waals surface area contributed by atoms with E-state index in [-0.39, 0.29) is 17.8 Å². The van der Waals surface area contributed by atoms with Crippen LogP contribution in [0.25, 0.3) is 0 Å². The molecule has 2 aliphatic rings. The molecule has 0 fully saturated rings. The molecule has 0 unspecified atom stereocenters. The van der Waals surface area contributed by atoms with E-state index in [0.717, 1.165) is 21.5 Å². The van der Waals surface area contributed by atoms with Crippen molar-refractivity contribution in [2.24, 2.45) is 5.41 Å². The van der Waals surface area contributed by atoms with E-state index in [1.165, 1.54) is 23.1 Å². The van der Waals surface area contributed by atoms with Crippen LogP contribution in [0.3, 0.4) is 0 Å². The van der Waals surface area contributed by atoms with Gasteiger partial charge in [0.1, 0.15) is 10.8 Å². The minimum Gasteiger partial charge on any atom is -0.463 e. The first-order chi connectivity index (χ1) is 14.7. The Kier molecular flexibility index (Phi) is 5.83. The van der Waals surface area contributed by atoms with Crippen molar-refractivity contribution >= 4 is 34.9 Å². The van der Waals surface area contributed by atoms with Gasteiger partial charge in [-0.1, -0.05) is 25.2 Å². The summed E-state index contributed by atoms with van der Waals surface area (Å²) in [6.07, 6.45) is 1.15. The van der Waals surface area contributed by atoms with E-state index >= 15 is 0 Å². The maximum Gasteiger partial charge on any atom is 0.336 e. The van der Waals surface area contributed by atoms with Gasteiger partial charge in [0, 0.05) is 23.4 Å². The lowest BCUT2D eigenvalue weighted by Gasteiger charge is -2.38. The van der Waals surface area contributed by atoms with Crippen molar-refractivity contribution in [2.45, 2.75) is 62.8 Å². The number of allylic oxidation sites excluding steroid dienone is 3. The molecule has 164 valence electrons. The first-order valence-corrected chi connectivity index (χ1v) is 11.8. The number of aromatic nitrogens is 2. The monoisotopic (exact) mass is 459 g/mol. The molecule has 0 radical (unpaired) electrons. The third-order valence-electron chi connectivity index (χ3n) is 5.32. The molecule has 7 nitrogen and oxygen atoms in total. The maximum absolute atomic E-state index is 13.2. The van der Waals surface area contributed by atoms with Crippen LogP contribution in [0, 0.1) is 12.3 Å². The van der Waals surface area contributed by atoms with Crippen LogP contribution >= 0.6 is 23.1 Å². The van der Waals surface area contributed by atoms with E-state index in [2.05, 4.69) is 29.4 Å². The Labute approximate surface area is 189 Å². The van der Waals surface area contributed by atoms with E-state index in [9.17, 15) is 9.59 Å². The molecule has 1 atom stereocenters. The number of dihydropyridines is 1. The first-order valence-electron chi connectivity index (χ1n) is 10.2. The lowest BCUT2D eigenvalue weighted by Crippen LogP contribution is -2.38. The molecule has 0 saturated carbocycles. The SMILES string of the molecule is CCOC(=O)C1=C(C)NC2=C(C(=O)CC(C)(C)C2)[C@@H]1c1ccc(Sc2nnc(C)s2)o1. The molecule has 2 aromatic rings. The zero-order valence-corrected chi connectivity index (χ0v) is 19.8. The molecule has 31 heavy (non-hydrogen) atoms. The quantitative estimate of drug-likeness (QED) is 0.640. The normalized spacial score (nSPS) is 20.5. The zero-order valence-electron chi connectivity index (χ0n) is 18.2. The number of nitrogens with zero attached hydrogens (tertiary/aromatic N) is 2. The van der Waals surface area contributed by atoms with Crippen LogP contribution in [0.4, 0.5) is 0 Å². The van der Waals surface area contributed by atoms with Crippen LogP contribution in [-0.4, -0.2) is 28.6 Å². The predicted octanol–water partition coefficient (Wildman–Crippen LogP) is 4.76. The van der Waals surface area contributed by atoms with Gasteiger partial charge in [-0.25, -0.2) is 4.79 Å². The summed E-state index contributed by atoms with van der Waals surface area (Å²) in [5.74, 6) is -0.451. The van der Waals surface area contributed by atoms with Gasteiger partial charge < -0.3 is 14.5 Å². The Balaban J connectivity index is 1.76. The van der Waals surface area contributed by atoms with E-state index in [1.54, 1.807) is 6.92 Å². The lowest BCUT2D eigenvalue weighted by atomic mass is 9.69. The van der Waals surface area contributed by atoms with Crippen LogP contribution in [0.2, 0.25) is 0 Å². The van der Waals surface area contributed by atoms with Crippen LogP contribution < -0.4 is 5.32 Å². The number of nitrogens with one attached hydrogen (secondary N) is 1. The largest absolute Gasteiger partial charge is 0.463 e. The van der Waals surface area contributed by atoms with Gasteiger partial charge in [-0.2, -0.15) is 0 Å². The predicted molar refractivity (Wildman–Crippen MR) is 118 cm³/mol. The molecule has 4 rings (SSSR count). The second-order valence-corrected chi connectivity index (χ2v) is 10.9. The van der Waals surface area contributed by atoms with Gasteiger partial charge >= 0.3 is 5.97 Å². The average Bonchev–Trinajstić information content (AvgIpc) is 3.28. The number of hydrogen-bond acceptors (Lipinski definition) is 9. The molecular formula is C22H25N3O4S2. The fraction of sp³-hybridized carbons (Fsp3) is 0.455. The molecule has 9 heteroatoms. The Morgan fingerprint density at radius 2 is 2.10 bits per heavy atom. The van der Waals surface area contributed by atoms with E-state index in [0.29, 0.717) is 34.1 Å². The number of carbonyl (C=O) groups is 2. The van der Waals surface area contributed by atoms with Crippen molar-refractivity contribution < 1.29 is 18.7 Å². The summed E-state index contributed by atoms with van der Waals surface area (Å²) in [6, 6.07) is 3.67. The number of esters is 1. The van der Waals surface area contributed by atoms with E-state index in [4.69, 9.17) is 9.15 Å². The summed E-state index contributed by atoms with van der Waals surface area (Å²) < 4.78 is 12.2. The van der Waals surface area contributed by atoms with E-state index < -0.39 is 11.9 Å². The summed E-state index contributed by atoms with van der Waals surface area (Å²) in [5.41, 5.74) is 2.44. The van der Waals surface area contributed by atoms with Crippen LogP contribution in [-0.2, 0) is 14.3 Å². The molecule has 0 saturated heterocycles. The molecular weight excluding hydrogens is 434 g/mol. The lowest BCUT2D eigenvalue weighted by molar-refractivity contribution is -0.138. The van der Waals surface area contributed by atoms with Crippen molar-refractivity contribution in [3.63, 3.8) is 0 Å². The van der Waals surface area contributed by atoms with Gasteiger partial charge in [-0.15, -0.1) is 10.2 Å². The number of ether oxygens (including phenoxy) is 1. The highest BCUT2D eigenvalue weighted by atomic mass is 32.2. The molecule has 1 aliphatic heterocycles. The van der Waals surface area contributed by atoms with Gasteiger partial charge in [-0.05, 0) is 56.5 Å². The van der Waals surface area contributed by atoms with Gasteiger partial charge in [0.05, 0.1) is 18.1 Å². The summed E-state index contributed by atoms with van der Waals surface area (Å²) in [5, 5.41) is 13.0. The first kappa shape index (κ1) is 21.8. The Morgan fingerprint density at radius 3 is 2.77 bits per heavy atom. The molecule has 0 amide bonds.